The summed E-state index contributed by atoms with van der Waals surface area (Å²) in [5.41, 5.74) is 6.48. The highest BCUT2D eigenvalue weighted by atomic mass is 16.4. The Kier molecular flexibility index (Phi) is 5.84. The zero-order valence-electron chi connectivity index (χ0n) is 12.7. The van der Waals surface area contributed by atoms with Crippen molar-refractivity contribution in [3.8, 4) is 0 Å². The maximum absolute atomic E-state index is 12.2. The molecule has 0 saturated heterocycles. The van der Waals surface area contributed by atoms with E-state index in [-0.39, 0.29) is 24.3 Å². The number of rotatable bonds is 6. The lowest BCUT2D eigenvalue weighted by atomic mass is 9.87. The number of hydrogen-bond acceptors (Lipinski definition) is 4. The Balaban J connectivity index is 2.81. The van der Waals surface area contributed by atoms with Crippen LogP contribution >= 0.6 is 0 Å². The van der Waals surface area contributed by atoms with Gasteiger partial charge in [-0.15, -0.1) is 0 Å². The Bertz CT molecular complexity index is 509. The number of nitrogens with one attached hydrogen (secondary N) is 1. The Morgan fingerprint density at radius 1 is 1.43 bits per heavy atom. The van der Waals surface area contributed by atoms with E-state index < -0.39 is 12.0 Å². The number of aromatic nitrogens is 1. The Morgan fingerprint density at radius 2 is 2.10 bits per heavy atom. The van der Waals surface area contributed by atoms with Gasteiger partial charge in [-0.25, -0.2) is 0 Å². The lowest BCUT2D eigenvalue weighted by Gasteiger charge is -2.25. The predicted octanol–water partition coefficient (Wildman–Crippen LogP) is 1.55. The van der Waals surface area contributed by atoms with Crippen LogP contribution < -0.4 is 11.1 Å². The lowest BCUT2D eigenvalue weighted by molar-refractivity contribution is -0.137. The van der Waals surface area contributed by atoms with Crippen LogP contribution in [-0.2, 0) is 11.3 Å². The number of nitrogens with two attached hydrogens (primary N) is 1. The topological polar surface area (TPSA) is 105 Å². The van der Waals surface area contributed by atoms with Crippen molar-refractivity contribution in [2.24, 2.45) is 11.1 Å². The molecule has 0 bridgehead atoms. The van der Waals surface area contributed by atoms with Crippen molar-refractivity contribution in [3.05, 3.63) is 29.6 Å². The van der Waals surface area contributed by atoms with Crippen molar-refractivity contribution >= 4 is 11.9 Å². The summed E-state index contributed by atoms with van der Waals surface area (Å²) in [6.07, 6.45) is 2.00. The Labute approximate surface area is 124 Å². The molecule has 0 saturated carbocycles. The smallest absolute Gasteiger partial charge is 0.305 e. The quantitative estimate of drug-likeness (QED) is 0.738. The summed E-state index contributed by atoms with van der Waals surface area (Å²) < 4.78 is 0. The number of amides is 1. The minimum Gasteiger partial charge on any atom is -0.481 e. The average molecular weight is 293 g/mol. The molecule has 0 spiro atoms. The summed E-state index contributed by atoms with van der Waals surface area (Å²) in [5, 5.41) is 11.8. The van der Waals surface area contributed by atoms with E-state index >= 15 is 0 Å². The van der Waals surface area contributed by atoms with E-state index in [9.17, 15) is 9.59 Å². The zero-order valence-corrected chi connectivity index (χ0v) is 12.7. The van der Waals surface area contributed by atoms with Gasteiger partial charge >= 0.3 is 5.97 Å². The molecule has 1 aromatic heterocycles. The second kappa shape index (κ2) is 7.17. The molecule has 0 radical (unpaired) electrons. The molecule has 0 aliphatic heterocycles. The maximum atomic E-state index is 12.2. The highest BCUT2D eigenvalue weighted by molar-refractivity contribution is 5.94. The second-order valence-corrected chi connectivity index (χ2v) is 6.27. The third-order valence-electron chi connectivity index (χ3n) is 2.90. The molecule has 1 rings (SSSR count). The van der Waals surface area contributed by atoms with E-state index in [0.717, 1.165) is 0 Å². The number of carboxylic acid groups (broad SMARTS) is 1. The van der Waals surface area contributed by atoms with Crippen molar-refractivity contribution in [1.29, 1.82) is 0 Å². The Morgan fingerprint density at radius 3 is 2.62 bits per heavy atom. The highest BCUT2D eigenvalue weighted by Gasteiger charge is 2.23. The summed E-state index contributed by atoms with van der Waals surface area (Å²) in [7, 11) is 0. The van der Waals surface area contributed by atoms with Crippen LogP contribution in [0, 0.1) is 5.41 Å². The van der Waals surface area contributed by atoms with Crippen LogP contribution in [0.4, 0.5) is 0 Å². The van der Waals surface area contributed by atoms with E-state index in [4.69, 9.17) is 10.8 Å². The maximum Gasteiger partial charge on any atom is 0.305 e. The van der Waals surface area contributed by atoms with E-state index in [1.807, 2.05) is 20.8 Å². The second-order valence-electron chi connectivity index (χ2n) is 6.27. The van der Waals surface area contributed by atoms with Gasteiger partial charge in [0.05, 0.1) is 12.1 Å². The largest absolute Gasteiger partial charge is 0.481 e. The van der Waals surface area contributed by atoms with Gasteiger partial charge in [-0.2, -0.15) is 0 Å². The number of carboxylic acids is 1. The normalized spacial score (nSPS) is 12.8. The molecule has 0 aromatic carbocycles. The molecule has 6 heteroatoms. The minimum atomic E-state index is -0.929. The van der Waals surface area contributed by atoms with Gasteiger partial charge in [-0.3, -0.25) is 14.6 Å². The fourth-order valence-corrected chi connectivity index (χ4v) is 2.12. The number of carbonyl (C=O) groups excluding carboxylic acids is 1. The van der Waals surface area contributed by atoms with Gasteiger partial charge in [-0.05, 0) is 24.0 Å². The molecule has 0 aliphatic rings. The van der Waals surface area contributed by atoms with E-state index in [1.165, 1.54) is 6.20 Å². The van der Waals surface area contributed by atoms with Crippen LogP contribution in [0.1, 0.15) is 49.7 Å². The molecule has 1 unspecified atom stereocenters. The number of aliphatic carboxylic acids is 1. The monoisotopic (exact) mass is 293 g/mol. The molecule has 1 heterocycles. The van der Waals surface area contributed by atoms with Crippen LogP contribution in [0.2, 0.25) is 0 Å². The van der Waals surface area contributed by atoms with Crippen LogP contribution in [0.25, 0.3) is 0 Å². The highest BCUT2D eigenvalue weighted by Crippen LogP contribution is 2.22. The molecule has 1 atom stereocenters. The first-order valence-corrected chi connectivity index (χ1v) is 6.89. The van der Waals surface area contributed by atoms with Crippen molar-refractivity contribution in [1.82, 2.24) is 10.3 Å². The molecule has 21 heavy (non-hydrogen) atoms. The summed E-state index contributed by atoms with van der Waals surface area (Å²) in [4.78, 5) is 27.2. The van der Waals surface area contributed by atoms with Crippen molar-refractivity contribution < 1.29 is 14.7 Å². The van der Waals surface area contributed by atoms with E-state index in [0.29, 0.717) is 17.7 Å². The molecule has 6 nitrogen and oxygen atoms in total. The molecular formula is C15H23N3O3. The minimum absolute atomic E-state index is 0.0753. The van der Waals surface area contributed by atoms with Crippen LogP contribution in [-0.4, -0.2) is 28.0 Å². The Hall–Kier alpha value is -1.95. The van der Waals surface area contributed by atoms with Crippen LogP contribution in [0.3, 0.4) is 0 Å². The van der Waals surface area contributed by atoms with E-state index in [1.54, 1.807) is 12.1 Å². The fourth-order valence-electron chi connectivity index (χ4n) is 2.12. The fraction of sp³-hybridized carbons (Fsp3) is 0.533. The average Bonchev–Trinajstić information content (AvgIpc) is 2.35. The molecule has 0 aliphatic carbocycles. The molecule has 1 amide bonds. The third kappa shape index (κ3) is 6.35. The standard InChI is InChI=1S/C15H23N3O3/c1-15(2,3)8-11(7-13(19)20)18-14(21)10-4-5-17-12(6-10)9-16/h4-6,11H,7-9,16H2,1-3H3,(H,18,21)(H,19,20). The molecule has 116 valence electrons. The van der Waals surface area contributed by atoms with Gasteiger partial charge in [0.25, 0.3) is 5.91 Å². The molecular weight excluding hydrogens is 270 g/mol. The molecule has 1 aromatic rings. The first-order valence-electron chi connectivity index (χ1n) is 6.89. The summed E-state index contributed by atoms with van der Waals surface area (Å²) >= 11 is 0. The summed E-state index contributed by atoms with van der Waals surface area (Å²) in [6, 6.07) is 2.79. The zero-order chi connectivity index (χ0) is 16.0. The molecule has 0 fully saturated rings. The number of pyridine rings is 1. The third-order valence-corrected chi connectivity index (χ3v) is 2.90. The number of nitrogens with zero attached hydrogens (tertiary/aromatic N) is 1. The number of carbonyl (C=O) groups is 2. The number of hydrogen-bond donors (Lipinski definition) is 3. The molecule has 4 N–H and O–H groups in total. The SMILES string of the molecule is CC(C)(C)CC(CC(=O)O)NC(=O)c1ccnc(CN)c1. The summed E-state index contributed by atoms with van der Waals surface area (Å²) in [5.74, 6) is -1.23. The summed E-state index contributed by atoms with van der Waals surface area (Å²) in [6.45, 7) is 6.27. The van der Waals surface area contributed by atoms with Gasteiger partial charge in [0.15, 0.2) is 0 Å². The van der Waals surface area contributed by atoms with Gasteiger partial charge in [0, 0.05) is 24.3 Å². The van der Waals surface area contributed by atoms with Crippen LogP contribution in [0.5, 0.6) is 0 Å². The van der Waals surface area contributed by atoms with Crippen LogP contribution in [0.15, 0.2) is 18.3 Å². The van der Waals surface area contributed by atoms with Crippen molar-refractivity contribution in [2.45, 2.75) is 46.2 Å². The van der Waals surface area contributed by atoms with Gasteiger partial charge in [0.1, 0.15) is 0 Å². The van der Waals surface area contributed by atoms with Gasteiger partial charge in [0.2, 0.25) is 0 Å². The first kappa shape index (κ1) is 17.1. The lowest BCUT2D eigenvalue weighted by Crippen LogP contribution is -2.39. The van der Waals surface area contributed by atoms with Gasteiger partial charge in [-0.1, -0.05) is 20.8 Å². The first-order chi connectivity index (χ1) is 9.71. The van der Waals surface area contributed by atoms with E-state index in [2.05, 4.69) is 10.3 Å². The van der Waals surface area contributed by atoms with Crippen molar-refractivity contribution in [2.75, 3.05) is 0 Å². The van der Waals surface area contributed by atoms with Crippen molar-refractivity contribution in [3.63, 3.8) is 0 Å². The predicted molar refractivity (Wildman–Crippen MR) is 79.7 cm³/mol. The van der Waals surface area contributed by atoms with Gasteiger partial charge < -0.3 is 16.2 Å².